The Hall–Kier alpha value is -4.32. The van der Waals surface area contributed by atoms with Gasteiger partial charge in [-0.15, -0.1) is 0 Å². The molecule has 3 amide bonds. The van der Waals surface area contributed by atoms with Crippen LogP contribution in [0.2, 0.25) is 5.02 Å². The van der Waals surface area contributed by atoms with Crippen molar-refractivity contribution in [3.63, 3.8) is 0 Å². The lowest BCUT2D eigenvalue weighted by Crippen LogP contribution is -2.36. The quantitative estimate of drug-likeness (QED) is 0.294. The Morgan fingerprint density at radius 3 is 2.63 bits per heavy atom. The molecule has 4 aromatic rings. The Morgan fingerprint density at radius 2 is 1.84 bits per heavy atom. The number of para-hydroxylation sites is 1. The molecule has 9 heteroatoms. The molecular formula is C29H21ClN4O3S. The predicted molar refractivity (Wildman–Crippen MR) is 150 cm³/mol. The first-order chi connectivity index (χ1) is 18.4. The van der Waals surface area contributed by atoms with Crippen LogP contribution < -0.4 is 5.32 Å². The van der Waals surface area contributed by atoms with E-state index in [1.54, 1.807) is 36.4 Å². The van der Waals surface area contributed by atoms with Crippen molar-refractivity contribution in [2.24, 2.45) is 0 Å². The number of fused-ring (bicyclic) bond motifs is 1. The molecule has 1 aliphatic rings. The molecule has 0 atom stereocenters. The monoisotopic (exact) mass is 540 g/mol. The number of carbonyl (C=O) groups excluding carboxylic acids is 3. The summed E-state index contributed by atoms with van der Waals surface area (Å²) < 4.78 is 2.10. The lowest BCUT2D eigenvalue weighted by molar-refractivity contribution is -0.127. The summed E-state index contributed by atoms with van der Waals surface area (Å²) in [5.41, 5.74) is 4.61. The highest BCUT2D eigenvalue weighted by molar-refractivity contribution is 8.18. The Balaban J connectivity index is 1.43. The molecule has 2 heterocycles. The minimum absolute atomic E-state index is 0.244. The van der Waals surface area contributed by atoms with E-state index in [1.807, 2.05) is 49.4 Å². The second-order valence-corrected chi connectivity index (χ2v) is 10.1. The number of nitriles is 1. The van der Waals surface area contributed by atoms with Crippen molar-refractivity contribution in [2.45, 2.75) is 13.5 Å². The number of amides is 3. The molecule has 1 saturated heterocycles. The Kier molecular flexibility index (Phi) is 7.05. The van der Waals surface area contributed by atoms with Crippen molar-refractivity contribution < 1.29 is 14.4 Å². The molecule has 1 fully saturated rings. The lowest BCUT2D eigenvalue weighted by Gasteiger charge is -2.12. The number of rotatable bonds is 6. The van der Waals surface area contributed by atoms with Crippen LogP contribution in [-0.2, 0) is 16.1 Å². The van der Waals surface area contributed by atoms with Gasteiger partial charge in [0, 0.05) is 39.4 Å². The summed E-state index contributed by atoms with van der Waals surface area (Å²) in [4.78, 5) is 39.6. The second-order valence-electron chi connectivity index (χ2n) is 8.70. The van der Waals surface area contributed by atoms with Crippen LogP contribution in [0.5, 0.6) is 0 Å². The number of thioether (sulfide) groups is 1. The summed E-state index contributed by atoms with van der Waals surface area (Å²) in [5.74, 6) is -1.02. The smallest absolute Gasteiger partial charge is 0.294 e. The summed E-state index contributed by atoms with van der Waals surface area (Å²) in [7, 11) is 0. The fourth-order valence-corrected chi connectivity index (χ4v) is 5.47. The van der Waals surface area contributed by atoms with Crippen molar-refractivity contribution in [3.05, 3.63) is 105 Å². The molecule has 0 bridgehead atoms. The molecule has 5 rings (SSSR count). The normalized spacial score (nSPS) is 14.3. The Morgan fingerprint density at radius 1 is 1.08 bits per heavy atom. The number of aromatic nitrogens is 1. The van der Waals surface area contributed by atoms with Gasteiger partial charge in [0.2, 0.25) is 5.91 Å². The fourth-order valence-electron chi connectivity index (χ4n) is 4.46. The Labute approximate surface area is 228 Å². The minimum atomic E-state index is -0.521. The van der Waals surface area contributed by atoms with Gasteiger partial charge >= 0.3 is 0 Å². The van der Waals surface area contributed by atoms with E-state index < -0.39 is 23.6 Å². The average Bonchev–Trinajstić information content (AvgIpc) is 3.32. The van der Waals surface area contributed by atoms with Crippen molar-refractivity contribution in [1.82, 2.24) is 9.47 Å². The molecule has 1 aliphatic heterocycles. The highest BCUT2D eigenvalue weighted by atomic mass is 35.5. The summed E-state index contributed by atoms with van der Waals surface area (Å²) in [6, 6.07) is 24.1. The maximum atomic E-state index is 13.2. The van der Waals surface area contributed by atoms with Crippen LogP contribution in [0.3, 0.4) is 0 Å². The maximum absolute atomic E-state index is 13.2. The molecule has 0 saturated carbocycles. The van der Waals surface area contributed by atoms with Gasteiger partial charge in [-0.1, -0.05) is 54.1 Å². The fraction of sp³-hybridized carbons (Fsp3) is 0.103. The zero-order chi connectivity index (χ0) is 26.8. The average molecular weight is 541 g/mol. The third-order valence-electron chi connectivity index (χ3n) is 6.31. The van der Waals surface area contributed by atoms with E-state index in [0.717, 1.165) is 44.4 Å². The number of imide groups is 1. The van der Waals surface area contributed by atoms with E-state index in [-0.39, 0.29) is 4.91 Å². The van der Waals surface area contributed by atoms with Crippen molar-refractivity contribution >= 4 is 63.1 Å². The number of hydrogen-bond donors (Lipinski definition) is 1. The van der Waals surface area contributed by atoms with Crippen LogP contribution in [0.25, 0.3) is 17.0 Å². The third kappa shape index (κ3) is 4.94. The van der Waals surface area contributed by atoms with Crippen LogP contribution in [0.4, 0.5) is 10.5 Å². The first-order valence-electron chi connectivity index (χ1n) is 11.7. The standard InChI is InChI=1S/C29H21ClN4O3S/c1-18-24(23-11-4-5-12-25(23)33(18)16-20-8-3-2-7-19(20)15-31)14-26-28(36)34(29(37)38-26)17-27(35)32-22-10-6-9-21(30)13-22/h2-14H,16-17H2,1H3,(H,32,35)/b26-14-. The number of anilines is 1. The van der Waals surface area contributed by atoms with Gasteiger partial charge in [-0.25, -0.2) is 0 Å². The van der Waals surface area contributed by atoms with Crippen LogP contribution in [-0.4, -0.2) is 33.1 Å². The molecule has 0 aliphatic carbocycles. The third-order valence-corrected chi connectivity index (χ3v) is 7.45. The molecule has 0 unspecified atom stereocenters. The van der Waals surface area contributed by atoms with Crippen LogP contribution in [0.15, 0.2) is 77.7 Å². The zero-order valence-corrected chi connectivity index (χ0v) is 21.8. The molecule has 38 heavy (non-hydrogen) atoms. The highest BCUT2D eigenvalue weighted by Crippen LogP contribution is 2.36. The van der Waals surface area contributed by atoms with Crippen molar-refractivity contribution in [1.29, 1.82) is 5.26 Å². The van der Waals surface area contributed by atoms with Gasteiger partial charge in [-0.2, -0.15) is 5.26 Å². The van der Waals surface area contributed by atoms with Crippen molar-refractivity contribution in [2.75, 3.05) is 11.9 Å². The molecule has 7 nitrogen and oxygen atoms in total. The number of halogens is 1. The maximum Gasteiger partial charge on any atom is 0.294 e. The van der Waals surface area contributed by atoms with Crippen molar-refractivity contribution in [3.8, 4) is 6.07 Å². The van der Waals surface area contributed by atoms with Crippen LogP contribution in [0, 0.1) is 18.3 Å². The lowest BCUT2D eigenvalue weighted by atomic mass is 10.1. The number of hydrogen-bond acceptors (Lipinski definition) is 5. The largest absolute Gasteiger partial charge is 0.340 e. The molecule has 1 aromatic heterocycles. The minimum Gasteiger partial charge on any atom is -0.340 e. The summed E-state index contributed by atoms with van der Waals surface area (Å²) in [6.45, 7) is 2.03. The zero-order valence-electron chi connectivity index (χ0n) is 20.3. The van der Waals surface area contributed by atoms with E-state index in [1.165, 1.54) is 0 Å². The summed E-state index contributed by atoms with van der Waals surface area (Å²) in [5, 5.41) is 13.1. The highest BCUT2D eigenvalue weighted by Gasteiger charge is 2.36. The number of nitrogens with one attached hydrogen (secondary N) is 1. The number of nitrogens with zero attached hydrogens (tertiary/aromatic N) is 3. The Bertz CT molecular complexity index is 1680. The topological polar surface area (TPSA) is 95.2 Å². The van der Waals surface area contributed by atoms with Gasteiger partial charge in [0.25, 0.3) is 11.1 Å². The van der Waals surface area contributed by atoms with E-state index in [9.17, 15) is 19.6 Å². The van der Waals surface area contributed by atoms with E-state index >= 15 is 0 Å². The number of carbonyl (C=O) groups is 3. The van der Waals surface area contributed by atoms with Gasteiger partial charge in [0.15, 0.2) is 0 Å². The van der Waals surface area contributed by atoms with Gasteiger partial charge in [-0.3, -0.25) is 19.3 Å². The van der Waals surface area contributed by atoms with Gasteiger partial charge < -0.3 is 9.88 Å². The van der Waals surface area contributed by atoms with Crippen LogP contribution >= 0.6 is 23.4 Å². The molecule has 188 valence electrons. The van der Waals surface area contributed by atoms with E-state index in [4.69, 9.17) is 11.6 Å². The first-order valence-corrected chi connectivity index (χ1v) is 12.9. The van der Waals surface area contributed by atoms with Gasteiger partial charge in [0.1, 0.15) is 6.54 Å². The molecule has 1 N–H and O–H groups in total. The van der Waals surface area contributed by atoms with Gasteiger partial charge in [0.05, 0.1) is 16.5 Å². The van der Waals surface area contributed by atoms with E-state index in [0.29, 0.717) is 22.8 Å². The molecule has 0 radical (unpaired) electrons. The predicted octanol–water partition coefficient (Wildman–Crippen LogP) is 6.20. The second kappa shape index (κ2) is 10.6. The molecule has 3 aromatic carbocycles. The van der Waals surface area contributed by atoms with Gasteiger partial charge in [-0.05, 0) is 60.7 Å². The molecule has 0 spiro atoms. The molecular weight excluding hydrogens is 520 g/mol. The summed E-state index contributed by atoms with van der Waals surface area (Å²) >= 11 is 6.77. The number of benzene rings is 3. The first kappa shape index (κ1) is 25.3. The van der Waals surface area contributed by atoms with Crippen LogP contribution in [0.1, 0.15) is 22.4 Å². The van der Waals surface area contributed by atoms with E-state index in [2.05, 4.69) is 16.0 Å². The SMILES string of the molecule is Cc1c(/C=C2\SC(=O)N(CC(=O)Nc3cccc(Cl)c3)C2=O)c2ccccc2n1Cc1ccccc1C#N. The summed E-state index contributed by atoms with van der Waals surface area (Å²) in [6.07, 6.45) is 1.71.